The first kappa shape index (κ1) is 15.5. The van der Waals surface area contributed by atoms with Gasteiger partial charge in [-0.05, 0) is 18.9 Å². The molecule has 1 aliphatic heterocycles. The van der Waals surface area contributed by atoms with E-state index in [1.165, 1.54) is 6.20 Å². The second-order valence-electron chi connectivity index (χ2n) is 4.97. The van der Waals surface area contributed by atoms with E-state index in [2.05, 4.69) is 20.4 Å². The standard InChI is InChI=1S/C13H18ClN5O2/c14-11-7-16-4-1-10(11)13(20)17-9-2-5-19(6-3-9)8-12(15)18-21/h1,4,7,9,21H,2-3,5-6,8H2,(H2,15,18)(H,17,20). The average molecular weight is 312 g/mol. The van der Waals surface area contributed by atoms with Gasteiger partial charge < -0.3 is 16.3 Å². The van der Waals surface area contributed by atoms with Crippen molar-refractivity contribution >= 4 is 23.3 Å². The highest BCUT2D eigenvalue weighted by Crippen LogP contribution is 2.15. The van der Waals surface area contributed by atoms with Crippen molar-refractivity contribution in [3.8, 4) is 0 Å². The van der Waals surface area contributed by atoms with E-state index in [4.69, 9.17) is 22.5 Å². The molecule has 0 aromatic carbocycles. The maximum Gasteiger partial charge on any atom is 0.253 e. The molecule has 1 amide bonds. The molecule has 114 valence electrons. The first-order valence-corrected chi connectivity index (χ1v) is 7.07. The highest BCUT2D eigenvalue weighted by atomic mass is 35.5. The van der Waals surface area contributed by atoms with Crippen molar-refractivity contribution < 1.29 is 10.0 Å². The van der Waals surface area contributed by atoms with Gasteiger partial charge in [0.05, 0.1) is 17.1 Å². The number of pyridine rings is 1. The van der Waals surface area contributed by atoms with Crippen LogP contribution < -0.4 is 11.1 Å². The van der Waals surface area contributed by atoms with Gasteiger partial charge in [0, 0.05) is 31.5 Å². The first-order valence-electron chi connectivity index (χ1n) is 6.69. The minimum absolute atomic E-state index is 0.102. The molecule has 1 aliphatic rings. The Morgan fingerprint density at radius 3 is 2.90 bits per heavy atom. The number of oxime groups is 1. The Labute approximate surface area is 127 Å². The zero-order valence-corrected chi connectivity index (χ0v) is 12.3. The Morgan fingerprint density at radius 1 is 1.57 bits per heavy atom. The summed E-state index contributed by atoms with van der Waals surface area (Å²) in [6.07, 6.45) is 4.62. The lowest BCUT2D eigenvalue weighted by atomic mass is 10.0. The van der Waals surface area contributed by atoms with Crippen LogP contribution in [0.2, 0.25) is 5.02 Å². The van der Waals surface area contributed by atoms with Crippen molar-refractivity contribution in [2.24, 2.45) is 10.9 Å². The smallest absolute Gasteiger partial charge is 0.253 e. The van der Waals surface area contributed by atoms with Gasteiger partial charge in [-0.1, -0.05) is 16.8 Å². The van der Waals surface area contributed by atoms with E-state index >= 15 is 0 Å². The molecule has 2 rings (SSSR count). The maximum absolute atomic E-state index is 12.1. The second kappa shape index (κ2) is 7.24. The molecule has 1 aromatic heterocycles. The molecular formula is C13H18ClN5O2. The van der Waals surface area contributed by atoms with Crippen LogP contribution in [0.1, 0.15) is 23.2 Å². The maximum atomic E-state index is 12.1. The molecule has 8 heteroatoms. The van der Waals surface area contributed by atoms with E-state index in [1.807, 2.05) is 0 Å². The van der Waals surface area contributed by atoms with Crippen molar-refractivity contribution in [2.75, 3.05) is 19.6 Å². The summed E-state index contributed by atoms with van der Waals surface area (Å²) in [5.74, 6) is 0.0123. The molecule has 0 atom stereocenters. The summed E-state index contributed by atoms with van der Waals surface area (Å²) in [7, 11) is 0. The second-order valence-corrected chi connectivity index (χ2v) is 5.38. The number of carbonyl (C=O) groups is 1. The largest absolute Gasteiger partial charge is 0.409 e. The van der Waals surface area contributed by atoms with E-state index < -0.39 is 0 Å². The number of likely N-dealkylation sites (tertiary alicyclic amines) is 1. The molecule has 0 radical (unpaired) electrons. The molecule has 0 spiro atoms. The lowest BCUT2D eigenvalue weighted by Crippen LogP contribution is -2.46. The van der Waals surface area contributed by atoms with Crippen LogP contribution in [-0.4, -0.2) is 52.5 Å². The van der Waals surface area contributed by atoms with Gasteiger partial charge in [-0.3, -0.25) is 14.7 Å². The van der Waals surface area contributed by atoms with Crippen molar-refractivity contribution in [2.45, 2.75) is 18.9 Å². The number of carbonyl (C=O) groups excluding carboxylic acids is 1. The summed E-state index contributed by atoms with van der Waals surface area (Å²) in [5, 5.41) is 14.8. The molecule has 0 aliphatic carbocycles. The summed E-state index contributed by atoms with van der Waals surface area (Å²) < 4.78 is 0. The normalized spacial score (nSPS) is 17.7. The fraction of sp³-hybridized carbons (Fsp3) is 0.462. The average Bonchev–Trinajstić information content (AvgIpc) is 2.49. The predicted molar refractivity (Wildman–Crippen MR) is 79.6 cm³/mol. The summed E-state index contributed by atoms with van der Waals surface area (Å²) >= 11 is 5.95. The van der Waals surface area contributed by atoms with Crippen molar-refractivity contribution in [1.29, 1.82) is 0 Å². The van der Waals surface area contributed by atoms with E-state index in [9.17, 15) is 4.79 Å². The SMILES string of the molecule is NC(CN1CCC(NC(=O)c2ccncc2Cl)CC1)=NO. The zero-order chi connectivity index (χ0) is 15.2. The fourth-order valence-corrected chi connectivity index (χ4v) is 2.52. The lowest BCUT2D eigenvalue weighted by molar-refractivity contribution is 0.0914. The van der Waals surface area contributed by atoms with E-state index in [0.717, 1.165) is 25.9 Å². The third kappa shape index (κ3) is 4.30. The molecule has 0 bridgehead atoms. The summed E-state index contributed by atoms with van der Waals surface area (Å²) in [4.78, 5) is 18.1. The van der Waals surface area contributed by atoms with Crippen LogP contribution in [0.25, 0.3) is 0 Å². The Hall–Kier alpha value is -1.86. The van der Waals surface area contributed by atoms with Gasteiger partial charge in [0.25, 0.3) is 5.91 Å². The zero-order valence-electron chi connectivity index (χ0n) is 11.5. The van der Waals surface area contributed by atoms with Crippen LogP contribution in [0.5, 0.6) is 0 Å². The van der Waals surface area contributed by atoms with Gasteiger partial charge in [-0.15, -0.1) is 0 Å². The summed E-state index contributed by atoms with van der Waals surface area (Å²) in [6.45, 7) is 2.00. The molecule has 7 nitrogen and oxygen atoms in total. The number of piperidine rings is 1. The third-order valence-corrected chi connectivity index (χ3v) is 3.76. The molecule has 4 N–H and O–H groups in total. The molecule has 1 fully saturated rings. The van der Waals surface area contributed by atoms with Gasteiger partial charge in [0.15, 0.2) is 5.84 Å². The number of halogens is 1. The molecule has 1 saturated heterocycles. The van der Waals surface area contributed by atoms with Crippen molar-refractivity contribution in [3.63, 3.8) is 0 Å². The number of hydrogen-bond donors (Lipinski definition) is 3. The third-order valence-electron chi connectivity index (χ3n) is 3.45. The Balaban J connectivity index is 1.84. The number of nitrogens with two attached hydrogens (primary N) is 1. The molecule has 21 heavy (non-hydrogen) atoms. The molecule has 2 heterocycles. The highest BCUT2D eigenvalue weighted by molar-refractivity contribution is 6.33. The molecule has 0 unspecified atom stereocenters. The Morgan fingerprint density at radius 2 is 2.29 bits per heavy atom. The highest BCUT2D eigenvalue weighted by Gasteiger charge is 2.22. The van der Waals surface area contributed by atoms with Crippen LogP contribution in [0.15, 0.2) is 23.6 Å². The van der Waals surface area contributed by atoms with Gasteiger partial charge in [-0.2, -0.15) is 0 Å². The monoisotopic (exact) mass is 311 g/mol. The van der Waals surface area contributed by atoms with E-state index in [-0.39, 0.29) is 17.8 Å². The van der Waals surface area contributed by atoms with Crippen LogP contribution in [-0.2, 0) is 0 Å². The Bertz CT molecular complexity index is 529. The van der Waals surface area contributed by atoms with E-state index in [1.54, 1.807) is 12.3 Å². The number of rotatable bonds is 4. The van der Waals surface area contributed by atoms with Crippen LogP contribution in [0.3, 0.4) is 0 Å². The summed E-state index contributed by atoms with van der Waals surface area (Å²) in [5.41, 5.74) is 5.92. The van der Waals surface area contributed by atoms with E-state index in [0.29, 0.717) is 17.1 Å². The quantitative estimate of drug-likeness (QED) is 0.328. The minimum Gasteiger partial charge on any atom is -0.409 e. The lowest BCUT2D eigenvalue weighted by Gasteiger charge is -2.31. The number of hydrogen-bond acceptors (Lipinski definition) is 5. The van der Waals surface area contributed by atoms with Gasteiger partial charge >= 0.3 is 0 Å². The van der Waals surface area contributed by atoms with Crippen molar-refractivity contribution in [3.05, 3.63) is 29.0 Å². The number of aromatic nitrogens is 1. The topological polar surface area (TPSA) is 104 Å². The Kier molecular flexibility index (Phi) is 5.35. The summed E-state index contributed by atoms with van der Waals surface area (Å²) in [6, 6.07) is 1.70. The molecule has 1 aromatic rings. The van der Waals surface area contributed by atoms with Gasteiger partial charge in [0.2, 0.25) is 0 Å². The van der Waals surface area contributed by atoms with Gasteiger partial charge in [-0.25, -0.2) is 0 Å². The van der Waals surface area contributed by atoms with Gasteiger partial charge in [0.1, 0.15) is 0 Å². The van der Waals surface area contributed by atoms with Crippen LogP contribution in [0, 0.1) is 0 Å². The fourth-order valence-electron chi connectivity index (χ4n) is 2.32. The van der Waals surface area contributed by atoms with Crippen molar-refractivity contribution in [1.82, 2.24) is 15.2 Å². The number of nitrogens with zero attached hydrogens (tertiary/aromatic N) is 3. The van der Waals surface area contributed by atoms with Crippen LogP contribution >= 0.6 is 11.6 Å². The predicted octanol–water partition coefficient (Wildman–Crippen LogP) is 0.676. The molecule has 0 saturated carbocycles. The number of amides is 1. The number of amidine groups is 1. The first-order chi connectivity index (χ1) is 10.1. The minimum atomic E-state index is -0.183. The van der Waals surface area contributed by atoms with Crippen LogP contribution in [0.4, 0.5) is 0 Å². The molecular weight excluding hydrogens is 294 g/mol. The number of nitrogens with one attached hydrogen (secondary N) is 1.